The van der Waals surface area contributed by atoms with Gasteiger partial charge >= 0.3 is 0 Å². The maximum atomic E-state index is 11.8. The maximum absolute atomic E-state index is 11.8. The number of hydrogen-bond acceptors (Lipinski definition) is 3. The third-order valence-electron chi connectivity index (χ3n) is 2.17. The number of carbonyl (C=O) groups excluding carboxylic acids is 1. The molecule has 0 fully saturated rings. The third-order valence-corrected chi connectivity index (χ3v) is 2.95. The van der Waals surface area contributed by atoms with E-state index in [2.05, 4.69) is 21.2 Å². The Hall–Kier alpha value is -1.38. The number of amides is 1. The van der Waals surface area contributed by atoms with Gasteiger partial charge in [-0.1, -0.05) is 15.9 Å². The minimum absolute atomic E-state index is 0.0665. The summed E-state index contributed by atoms with van der Waals surface area (Å²) in [5.74, 6) is -0.170. The molecule has 1 atom stereocenters. The second-order valence-electron chi connectivity index (χ2n) is 3.47. The number of nitriles is 1. The smallest absolute Gasteiger partial charge is 0.251 e. The first-order valence-corrected chi connectivity index (χ1v) is 6.19. The molecule has 5 heteroatoms. The fourth-order valence-corrected chi connectivity index (χ4v) is 1.64. The lowest BCUT2D eigenvalue weighted by atomic mass is 10.1. The van der Waals surface area contributed by atoms with E-state index in [4.69, 9.17) is 10.00 Å². The number of carbonyl (C=O) groups is 1. The molecular weight excluding hydrogens is 284 g/mol. The van der Waals surface area contributed by atoms with Gasteiger partial charge in [0.25, 0.3) is 5.91 Å². The largest absolute Gasteiger partial charge is 0.383 e. The number of halogens is 1. The molecule has 1 aromatic carbocycles. The number of methoxy groups -OCH3 is 1. The van der Waals surface area contributed by atoms with Gasteiger partial charge in [-0.2, -0.15) is 5.26 Å². The molecule has 0 heterocycles. The van der Waals surface area contributed by atoms with Gasteiger partial charge in [0.15, 0.2) is 0 Å². The Labute approximate surface area is 109 Å². The van der Waals surface area contributed by atoms with Gasteiger partial charge in [0.1, 0.15) is 0 Å². The van der Waals surface area contributed by atoms with Crippen molar-refractivity contribution in [2.45, 2.75) is 6.04 Å². The van der Waals surface area contributed by atoms with Crippen molar-refractivity contribution in [1.29, 1.82) is 5.26 Å². The first-order valence-electron chi connectivity index (χ1n) is 5.07. The molecule has 0 saturated carbocycles. The Balaban J connectivity index is 2.66. The van der Waals surface area contributed by atoms with Crippen molar-refractivity contribution in [2.75, 3.05) is 19.0 Å². The van der Waals surface area contributed by atoms with Crippen molar-refractivity contribution in [3.05, 3.63) is 35.4 Å². The number of alkyl halides is 1. The van der Waals surface area contributed by atoms with Gasteiger partial charge in [-0.3, -0.25) is 4.79 Å². The zero-order chi connectivity index (χ0) is 12.7. The highest BCUT2D eigenvalue weighted by Crippen LogP contribution is 2.04. The molecule has 0 aliphatic carbocycles. The summed E-state index contributed by atoms with van der Waals surface area (Å²) in [6.45, 7) is 0.452. The number of hydrogen-bond donors (Lipinski definition) is 1. The summed E-state index contributed by atoms with van der Waals surface area (Å²) in [6, 6.07) is 8.44. The van der Waals surface area contributed by atoms with Crippen molar-refractivity contribution in [2.24, 2.45) is 0 Å². The predicted octanol–water partition coefficient (Wildman–Crippen LogP) is 1.70. The van der Waals surface area contributed by atoms with Crippen LogP contribution in [0.25, 0.3) is 0 Å². The van der Waals surface area contributed by atoms with E-state index >= 15 is 0 Å². The number of nitrogens with one attached hydrogen (secondary N) is 1. The predicted molar refractivity (Wildman–Crippen MR) is 68.1 cm³/mol. The third kappa shape index (κ3) is 4.17. The maximum Gasteiger partial charge on any atom is 0.251 e. The average Bonchev–Trinajstić information content (AvgIpc) is 2.38. The Kier molecular flexibility index (Phi) is 5.67. The molecule has 1 N–H and O–H groups in total. The molecule has 17 heavy (non-hydrogen) atoms. The van der Waals surface area contributed by atoms with Crippen molar-refractivity contribution < 1.29 is 9.53 Å². The lowest BCUT2D eigenvalue weighted by Gasteiger charge is -2.15. The van der Waals surface area contributed by atoms with Gasteiger partial charge in [0.05, 0.1) is 24.3 Å². The molecule has 0 aliphatic rings. The van der Waals surface area contributed by atoms with E-state index in [1.54, 1.807) is 31.4 Å². The van der Waals surface area contributed by atoms with Gasteiger partial charge < -0.3 is 10.1 Å². The van der Waals surface area contributed by atoms with Gasteiger partial charge in [-0.15, -0.1) is 0 Å². The monoisotopic (exact) mass is 296 g/mol. The van der Waals surface area contributed by atoms with Crippen LogP contribution in [0.3, 0.4) is 0 Å². The van der Waals surface area contributed by atoms with Crippen LogP contribution in [0.5, 0.6) is 0 Å². The normalized spacial score (nSPS) is 11.6. The second-order valence-corrected chi connectivity index (χ2v) is 4.12. The first kappa shape index (κ1) is 13.7. The van der Waals surface area contributed by atoms with Crippen LogP contribution in [-0.4, -0.2) is 31.0 Å². The number of benzene rings is 1. The summed E-state index contributed by atoms with van der Waals surface area (Å²) in [5, 5.41) is 12.1. The number of nitrogens with zero attached hydrogens (tertiary/aromatic N) is 1. The van der Waals surface area contributed by atoms with Crippen LogP contribution in [0.15, 0.2) is 24.3 Å². The van der Waals surface area contributed by atoms with E-state index in [0.717, 1.165) is 0 Å². The summed E-state index contributed by atoms with van der Waals surface area (Å²) >= 11 is 3.30. The van der Waals surface area contributed by atoms with Crippen LogP contribution in [0.4, 0.5) is 0 Å². The Morgan fingerprint density at radius 3 is 2.65 bits per heavy atom. The molecule has 0 aromatic heterocycles. The highest BCUT2D eigenvalue weighted by Gasteiger charge is 2.12. The fraction of sp³-hybridized carbons (Fsp3) is 0.333. The first-order chi connectivity index (χ1) is 8.21. The minimum atomic E-state index is -0.170. The second kappa shape index (κ2) is 7.05. The molecule has 0 saturated heterocycles. The van der Waals surface area contributed by atoms with Gasteiger partial charge in [-0.25, -0.2) is 0 Å². The van der Waals surface area contributed by atoms with E-state index in [9.17, 15) is 4.79 Å². The molecule has 90 valence electrons. The van der Waals surface area contributed by atoms with Crippen LogP contribution >= 0.6 is 15.9 Å². The van der Waals surface area contributed by atoms with E-state index in [0.29, 0.717) is 23.1 Å². The van der Waals surface area contributed by atoms with Crippen LogP contribution in [0.1, 0.15) is 15.9 Å². The van der Waals surface area contributed by atoms with Crippen molar-refractivity contribution in [3.63, 3.8) is 0 Å². The van der Waals surface area contributed by atoms with E-state index in [1.807, 2.05) is 6.07 Å². The Morgan fingerprint density at radius 1 is 1.53 bits per heavy atom. The van der Waals surface area contributed by atoms with E-state index in [1.165, 1.54) is 0 Å². The zero-order valence-electron chi connectivity index (χ0n) is 9.44. The standard InChI is InChI=1S/C12H13BrN2O2/c1-17-8-11(6-13)15-12(16)10-4-2-9(7-14)3-5-10/h2-5,11H,6,8H2,1H3,(H,15,16). The van der Waals surface area contributed by atoms with Gasteiger partial charge in [0.2, 0.25) is 0 Å². The molecule has 1 aromatic rings. The number of ether oxygens (including phenoxy) is 1. The molecule has 0 aliphatic heterocycles. The van der Waals surface area contributed by atoms with E-state index in [-0.39, 0.29) is 11.9 Å². The van der Waals surface area contributed by atoms with Crippen LogP contribution in [0, 0.1) is 11.3 Å². The lowest BCUT2D eigenvalue weighted by molar-refractivity contribution is 0.0908. The van der Waals surface area contributed by atoms with Crippen LogP contribution < -0.4 is 5.32 Å². The molecular formula is C12H13BrN2O2. The molecule has 4 nitrogen and oxygen atoms in total. The molecule has 1 unspecified atom stereocenters. The SMILES string of the molecule is COCC(CBr)NC(=O)c1ccc(C#N)cc1. The molecule has 0 bridgehead atoms. The van der Waals surface area contributed by atoms with Crippen molar-refractivity contribution in [3.8, 4) is 6.07 Å². The van der Waals surface area contributed by atoms with Crippen LogP contribution in [-0.2, 0) is 4.74 Å². The Bertz CT molecular complexity index is 412. The van der Waals surface area contributed by atoms with Gasteiger partial charge in [0, 0.05) is 18.0 Å². The van der Waals surface area contributed by atoms with E-state index < -0.39 is 0 Å². The average molecular weight is 297 g/mol. The minimum Gasteiger partial charge on any atom is -0.383 e. The molecule has 1 amide bonds. The summed E-state index contributed by atoms with van der Waals surface area (Å²) in [6.07, 6.45) is 0. The Morgan fingerprint density at radius 2 is 2.18 bits per heavy atom. The highest BCUT2D eigenvalue weighted by molar-refractivity contribution is 9.09. The van der Waals surface area contributed by atoms with Crippen molar-refractivity contribution in [1.82, 2.24) is 5.32 Å². The van der Waals surface area contributed by atoms with Crippen molar-refractivity contribution >= 4 is 21.8 Å². The summed E-state index contributed by atoms with van der Waals surface area (Å²) in [7, 11) is 1.59. The fourth-order valence-electron chi connectivity index (χ4n) is 1.29. The molecule has 0 spiro atoms. The highest BCUT2D eigenvalue weighted by atomic mass is 79.9. The molecule has 1 rings (SSSR count). The summed E-state index contributed by atoms with van der Waals surface area (Å²) in [5.41, 5.74) is 1.07. The summed E-state index contributed by atoms with van der Waals surface area (Å²) < 4.78 is 4.98. The van der Waals surface area contributed by atoms with Crippen LogP contribution in [0.2, 0.25) is 0 Å². The molecule has 0 radical (unpaired) electrons. The lowest BCUT2D eigenvalue weighted by Crippen LogP contribution is -2.39. The quantitative estimate of drug-likeness (QED) is 0.841. The number of rotatable bonds is 5. The van der Waals surface area contributed by atoms with Gasteiger partial charge in [-0.05, 0) is 24.3 Å². The zero-order valence-corrected chi connectivity index (χ0v) is 11.0. The topological polar surface area (TPSA) is 62.1 Å². The summed E-state index contributed by atoms with van der Waals surface area (Å²) in [4.78, 5) is 11.8.